The number of nitrogens with two attached hydrogens (primary N) is 1. The summed E-state index contributed by atoms with van der Waals surface area (Å²) in [7, 11) is 1.96. The monoisotopic (exact) mass is 532 g/mol. The van der Waals surface area contributed by atoms with Crippen molar-refractivity contribution in [2.24, 2.45) is 12.0 Å². The van der Waals surface area contributed by atoms with E-state index < -0.39 is 0 Å². The first-order valence-corrected chi connectivity index (χ1v) is 13.0. The Morgan fingerprint density at radius 3 is 2.58 bits per heavy atom. The van der Waals surface area contributed by atoms with Crippen LogP contribution in [0.15, 0.2) is 90.4 Å². The highest BCUT2D eigenvalue weighted by Gasteiger charge is 2.28. The van der Waals surface area contributed by atoms with Gasteiger partial charge in [0.15, 0.2) is 0 Å². The van der Waals surface area contributed by atoms with Crippen LogP contribution >= 0.6 is 0 Å². The number of anilines is 2. The molecule has 0 aliphatic carbocycles. The van der Waals surface area contributed by atoms with Crippen LogP contribution in [0.3, 0.4) is 0 Å². The molecular formula is C32H32N6O2. The smallest absolute Gasteiger partial charge is 0.250 e. The lowest BCUT2D eigenvalue weighted by Crippen LogP contribution is -2.11. The van der Waals surface area contributed by atoms with Crippen molar-refractivity contribution in [3.05, 3.63) is 96.5 Å². The largest absolute Gasteiger partial charge is 0.383 e. The van der Waals surface area contributed by atoms with Gasteiger partial charge in [-0.15, -0.1) is 0 Å². The van der Waals surface area contributed by atoms with Crippen LogP contribution in [0, 0.1) is 0 Å². The molecule has 1 amide bonds. The number of nitrogen functional groups attached to an aromatic ring is 1. The van der Waals surface area contributed by atoms with Gasteiger partial charge in [0.2, 0.25) is 0 Å². The number of aromatic nitrogens is 3. The summed E-state index contributed by atoms with van der Waals surface area (Å²) in [6.45, 7) is 13.9. The van der Waals surface area contributed by atoms with Gasteiger partial charge < -0.3 is 20.4 Å². The molecule has 2 aromatic heterocycles. The Morgan fingerprint density at radius 2 is 1.88 bits per heavy atom. The maximum absolute atomic E-state index is 12.1. The first kappa shape index (κ1) is 26.8. The number of benzene rings is 2. The Labute approximate surface area is 233 Å². The molecule has 3 N–H and O–H groups in total. The van der Waals surface area contributed by atoms with E-state index in [1.165, 1.54) is 6.33 Å². The summed E-state index contributed by atoms with van der Waals surface area (Å²) < 4.78 is 8.15. The first-order valence-electron chi connectivity index (χ1n) is 13.0. The molecule has 3 heterocycles. The number of rotatable bonds is 7. The normalized spacial score (nSPS) is 15.0. The molecule has 0 unspecified atom stereocenters. The van der Waals surface area contributed by atoms with E-state index in [1.807, 2.05) is 61.9 Å². The molecule has 0 bridgehead atoms. The number of carbonyl (C=O) groups excluding carboxylic acids is 1. The third kappa shape index (κ3) is 4.85. The van der Waals surface area contributed by atoms with Gasteiger partial charge in [-0.2, -0.15) is 0 Å². The van der Waals surface area contributed by atoms with E-state index in [0.717, 1.165) is 50.3 Å². The van der Waals surface area contributed by atoms with Gasteiger partial charge in [-0.3, -0.25) is 9.79 Å². The van der Waals surface area contributed by atoms with E-state index in [2.05, 4.69) is 51.6 Å². The van der Waals surface area contributed by atoms with Gasteiger partial charge in [-0.1, -0.05) is 43.5 Å². The molecule has 0 fully saturated rings. The van der Waals surface area contributed by atoms with Gasteiger partial charge in [-0.05, 0) is 67.3 Å². The van der Waals surface area contributed by atoms with Crippen molar-refractivity contribution in [2.75, 3.05) is 11.1 Å². The number of hydrogen-bond donors (Lipinski definition) is 2. The quantitative estimate of drug-likeness (QED) is 0.208. The number of fused-ring (bicyclic) bond motifs is 2. The summed E-state index contributed by atoms with van der Waals surface area (Å²) in [6.07, 6.45) is 5.07. The summed E-state index contributed by atoms with van der Waals surface area (Å²) >= 11 is 0. The zero-order valence-corrected chi connectivity index (χ0v) is 23.2. The number of amides is 1. The van der Waals surface area contributed by atoms with Crippen molar-refractivity contribution in [3.8, 4) is 22.4 Å². The van der Waals surface area contributed by atoms with Gasteiger partial charge in [0, 0.05) is 29.6 Å². The van der Waals surface area contributed by atoms with Gasteiger partial charge in [0.1, 0.15) is 23.9 Å². The molecule has 1 atom stereocenters. The fourth-order valence-electron chi connectivity index (χ4n) is 5.09. The number of hydrogen-bond acceptors (Lipinski definition) is 6. The van der Waals surface area contributed by atoms with Gasteiger partial charge >= 0.3 is 0 Å². The van der Waals surface area contributed by atoms with Gasteiger partial charge in [0.05, 0.1) is 23.4 Å². The molecule has 40 heavy (non-hydrogen) atoms. The van der Waals surface area contributed by atoms with E-state index in [4.69, 9.17) is 10.5 Å². The third-order valence-corrected chi connectivity index (χ3v) is 6.95. The molecule has 4 aromatic rings. The van der Waals surface area contributed by atoms with E-state index in [0.29, 0.717) is 29.4 Å². The Kier molecular flexibility index (Phi) is 7.19. The summed E-state index contributed by atoms with van der Waals surface area (Å²) in [6, 6.07) is 14.0. The number of nitrogens with one attached hydrogen (secondary N) is 1. The average Bonchev–Trinajstić information content (AvgIpc) is 3.48. The van der Waals surface area contributed by atoms with Crippen molar-refractivity contribution in [2.45, 2.75) is 33.5 Å². The summed E-state index contributed by atoms with van der Waals surface area (Å²) in [5.41, 5.74) is 15.7. The minimum atomic E-state index is -0.299. The fourth-order valence-corrected chi connectivity index (χ4v) is 5.09. The molecule has 0 saturated heterocycles. The molecule has 8 nitrogen and oxygen atoms in total. The topological polar surface area (TPSA) is 107 Å². The maximum atomic E-state index is 12.1. The van der Waals surface area contributed by atoms with Crippen LogP contribution < -0.4 is 11.1 Å². The Hall–Kier alpha value is -4.82. The Balaban J connectivity index is 1.60. The summed E-state index contributed by atoms with van der Waals surface area (Å²) in [5.74, 6) is 0.189. The lowest BCUT2D eigenvalue weighted by molar-refractivity contribution is -0.112. The number of allylic oxidation sites excluding steroid dienone is 2. The van der Waals surface area contributed by atoms with Gasteiger partial charge in [0.25, 0.3) is 5.91 Å². The predicted molar refractivity (Wildman–Crippen MR) is 162 cm³/mol. The number of ether oxygens (including phenoxy) is 1. The number of aryl methyl sites for hydroxylation is 1. The minimum Gasteiger partial charge on any atom is -0.383 e. The average molecular weight is 533 g/mol. The predicted octanol–water partition coefficient (Wildman–Crippen LogP) is 6.52. The molecule has 5 rings (SSSR count). The molecule has 2 aromatic carbocycles. The van der Waals surface area contributed by atoms with E-state index in [9.17, 15) is 4.79 Å². The number of carbonyl (C=O) groups is 1. The van der Waals surface area contributed by atoms with Crippen LogP contribution in [0.5, 0.6) is 0 Å². The summed E-state index contributed by atoms with van der Waals surface area (Å²) in [4.78, 5) is 25.5. The molecule has 1 aliphatic rings. The lowest BCUT2D eigenvalue weighted by Gasteiger charge is -2.13. The summed E-state index contributed by atoms with van der Waals surface area (Å²) in [5, 5.41) is 3.64. The zero-order chi connectivity index (χ0) is 28.6. The highest BCUT2D eigenvalue weighted by atomic mass is 16.5. The zero-order valence-electron chi connectivity index (χ0n) is 23.2. The lowest BCUT2D eigenvalue weighted by atomic mass is 9.94. The third-order valence-electron chi connectivity index (χ3n) is 6.95. The van der Waals surface area contributed by atoms with Crippen LogP contribution in [-0.2, 0) is 23.2 Å². The second-order valence-electron chi connectivity index (χ2n) is 9.90. The molecule has 0 spiro atoms. The van der Waals surface area contributed by atoms with Crippen molar-refractivity contribution < 1.29 is 9.53 Å². The maximum Gasteiger partial charge on any atom is 0.250 e. The van der Waals surface area contributed by atoms with E-state index >= 15 is 0 Å². The van der Waals surface area contributed by atoms with E-state index in [-0.39, 0.29) is 12.0 Å². The van der Waals surface area contributed by atoms with E-state index in [1.54, 1.807) is 6.92 Å². The standard InChI is InChI=1S/C32H32N6O2/c1-7-8-19(4)36-20(5)29-25-14-11-22(15-23(25)16-40-29)26-27-30(33)34-17-35-31(27)38(6)28(26)21-9-12-24(13-10-21)37-32(39)18(2)3/h7-15,17,29H,2,5,16H2,1,3-4,6H3,(H,37,39)(H2,33,34,35)/b8-7-,36-19?/t29-/m1/s1. The molecular weight excluding hydrogens is 500 g/mol. The fraction of sp³-hybridized carbons (Fsp3) is 0.188. The highest BCUT2D eigenvalue weighted by Crippen LogP contribution is 2.44. The molecule has 8 heteroatoms. The van der Waals surface area contributed by atoms with Crippen LogP contribution in [-0.4, -0.2) is 26.2 Å². The van der Waals surface area contributed by atoms with Crippen LogP contribution in [0.4, 0.5) is 11.5 Å². The van der Waals surface area contributed by atoms with Crippen LogP contribution in [0.1, 0.15) is 38.0 Å². The second-order valence-corrected chi connectivity index (χ2v) is 9.90. The minimum absolute atomic E-state index is 0.217. The SMILES string of the molecule is C=C(C)C(=O)Nc1ccc(-c2c(-c3ccc4c(c3)CO[C@@H]4C(=C)N=C(C)/C=C\C)c3c(N)ncnc3n2C)cc1. The van der Waals surface area contributed by atoms with Crippen LogP contribution in [0.2, 0.25) is 0 Å². The molecule has 0 radical (unpaired) electrons. The van der Waals surface area contributed by atoms with Crippen molar-refractivity contribution in [1.82, 2.24) is 14.5 Å². The molecule has 0 saturated carbocycles. The van der Waals surface area contributed by atoms with Gasteiger partial charge in [-0.25, -0.2) is 9.97 Å². The second kappa shape index (κ2) is 10.7. The molecule has 1 aliphatic heterocycles. The highest BCUT2D eigenvalue weighted by molar-refractivity contribution is 6.08. The number of aliphatic imine (C=N–C) groups is 1. The van der Waals surface area contributed by atoms with Crippen molar-refractivity contribution in [1.29, 1.82) is 0 Å². The first-order chi connectivity index (χ1) is 19.2. The molecule has 202 valence electrons. The Morgan fingerprint density at radius 1 is 1.15 bits per heavy atom. The van der Waals surface area contributed by atoms with Crippen molar-refractivity contribution in [3.63, 3.8) is 0 Å². The number of nitrogens with zero attached hydrogens (tertiary/aromatic N) is 4. The van der Waals surface area contributed by atoms with Crippen molar-refractivity contribution >= 4 is 34.2 Å². The van der Waals surface area contributed by atoms with Crippen LogP contribution in [0.25, 0.3) is 33.4 Å². The Bertz CT molecular complexity index is 1730.